The number of aromatic nitrogens is 3. The second-order valence-electron chi connectivity index (χ2n) is 3.20. The molecule has 1 N–H and O–H groups in total. The largest absolute Gasteiger partial charge is 0.396 e. The zero-order valence-electron chi connectivity index (χ0n) is 8.47. The first-order valence-electron chi connectivity index (χ1n) is 4.74. The van der Waals surface area contributed by atoms with Crippen LogP contribution in [0.15, 0.2) is 0 Å². The molecule has 5 heteroatoms. The summed E-state index contributed by atoms with van der Waals surface area (Å²) in [6, 6.07) is 0.0798. The molecule has 0 amide bonds. The van der Waals surface area contributed by atoms with Gasteiger partial charge in [-0.1, -0.05) is 12.1 Å². The van der Waals surface area contributed by atoms with E-state index >= 15 is 0 Å². The molecule has 5 nitrogen and oxygen atoms in total. The van der Waals surface area contributed by atoms with Crippen molar-refractivity contribution in [2.75, 3.05) is 6.61 Å². The smallest absolute Gasteiger partial charge is 0.172 e. The zero-order valence-corrected chi connectivity index (χ0v) is 8.47. The van der Waals surface area contributed by atoms with E-state index in [1.807, 2.05) is 13.8 Å². The quantitative estimate of drug-likeness (QED) is 0.702. The molecule has 0 radical (unpaired) electrons. The molecule has 0 bridgehead atoms. The molecule has 0 aliphatic carbocycles. The molecule has 1 aromatic heterocycles. The maximum absolute atomic E-state index is 10.6. The standard InChI is InChI=1S/C9H15N3O2/c1-3-9-8(6-14)10-11-12(9)7(2)4-5-13/h6-7,13H,3-5H2,1-2H3. The van der Waals surface area contributed by atoms with Crippen LogP contribution in [-0.2, 0) is 6.42 Å². The summed E-state index contributed by atoms with van der Waals surface area (Å²) in [6.07, 6.45) is 2.06. The molecular formula is C9H15N3O2. The molecule has 0 spiro atoms. The van der Waals surface area contributed by atoms with Crippen LogP contribution in [-0.4, -0.2) is 33.0 Å². The van der Waals surface area contributed by atoms with E-state index in [2.05, 4.69) is 10.3 Å². The second kappa shape index (κ2) is 4.85. The molecular weight excluding hydrogens is 182 g/mol. The van der Waals surface area contributed by atoms with Crippen molar-refractivity contribution in [3.63, 3.8) is 0 Å². The molecule has 1 heterocycles. The highest BCUT2D eigenvalue weighted by Crippen LogP contribution is 2.14. The topological polar surface area (TPSA) is 68.0 Å². The van der Waals surface area contributed by atoms with Crippen molar-refractivity contribution >= 4 is 6.29 Å². The van der Waals surface area contributed by atoms with Crippen molar-refractivity contribution < 1.29 is 9.90 Å². The van der Waals surface area contributed by atoms with Crippen LogP contribution in [0.5, 0.6) is 0 Å². The monoisotopic (exact) mass is 197 g/mol. The van der Waals surface area contributed by atoms with Crippen LogP contribution in [0.4, 0.5) is 0 Å². The normalized spacial score (nSPS) is 12.8. The van der Waals surface area contributed by atoms with Crippen molar-refractivity contribution in [1.82, 2.24) is 15.0 Å². The van der Waals surface area contributed by atoms with E-state index in [-0.39, 0.29) is 12.6 Å². The van der Waals surface area contributed by atoms with Crippen LogP contribution < -0.4 is 0 Å². The molecule has 14 heavy (non-hydrogen) atoms. The number of aliphatic hydroxyl groups excluding tert-OH is 1. The molecule has 1 aromatic rings. The maximum atomic E-state index is 10.6. The molecule has 0 saturated carbocycles. The number of carbonyl (C=O) groups is 1. The first-order chi connectivity index (χ1) is 6.74. The summed E-state index contributed by atoms with van der Waals surface area (Å²) in [5.74, 6) is 0. The van der Waals surface area contributed by atoms with Crippen molar-refractivity contribution in [1.29, 1.82) is 0 Å². The van der Waals surface area contributed by atoms with Crippen molar-refractivity contribution in [2.24, 2.45) is 0 Å². The fourth-order valence-electron chi connectivity index (χ4n) is 1.42. The van der Waals surface area contributed by atoms with Crippen LogP contribution in [0.2, 0.25) is 0 Å². The third-order valence-corrected chi connectivity index (χ3v) is 2.23. The predicted octanol–water partition coefficient (Wildman–Crippen LogP) is 0.596. The van der Waals surface area contributed by atoms with E-state index in [9.17, 15) is 4.79 Å². The highest BCUT2D eigenvalue weighted by molar-refractivity contribution is 5.73. The summed E-state index contributed by atoms with van der Waals surface area (Å²) >= 11 is 0. The number of carbonyl (C=O) groups excluding carboxylic acids is 1. The number of aldehydes is 1. The molecule has 0 saturated heterocycles. The van der Waals surface area contributed by atoms with Gasteiger partial charge >= 0.3 is 0 Å². The van der Waals surface area contributed by atoms with Gasteiger partial charge < -0.3 is 5.11 Å². The van der Waals surface area contributed by atoms with Crippen LogP contribution in [0.25, 0.3) is 0 Å². The summed E-state index contributed by atoms with van der Waals surface area (Å²) in [7, 11) is 0. The SMILES string of the molecule is CCc1c(C=O)nnn1C(C)CCO. The van der Waals surface area contributed by atoms with E-state index in [4.69, 9.17) is 5.11 Å². The lowest BCUT2D eigenvalue weighted by molar-refractivity contribution is 0.111. The lowest BCUT2D eigenvalue weighted by Crippen LogP contribution is -2.12. The van der Waals surface area contributed by atoms with E-state index in [0.717, 1.165) is 12.1 Å². The molecule has 0 aromatic carbocycles. The molecule has 0 aliphatic heterocycles. The van der Waals surface area contributed by atoms with Crippen LogP contribution in [0.1, 0.15) is 42.5 Å². The minimum Gasteiger partial charge on any atom is -0.396 e. The maximum Gasteiger partial charge on any atom is 0.172 e. The first kappa shape index (κ1) is 10.8. The highest BCUT2D eigenvalue weighted by Gasteiger charge is 2.14. The Morgan fingerprint density at radius 3 is 2.86 bits per heavy atom. The molecule has 0 fully saturated rings. The Bertz CT molecular complexity index is 309. The zero-order chi connectivity index (χ0) is 10.6. The predicted molar refractivity (Wildman–Crippen MR) is 51.2 cm³/mol. The molecule has 1 unspecified atom stereocenters. The van der Waals surface area contributed by atoms with Crippen LogP contribution in [0.3, 0.4) is 0 Å². The van der Waals surface area contributed by atoms with Gasteiger partial charge in [0, 0.05) is 6.61 Å². The third kappa shape index (κ3) is 1.98. The van der Waals surface area contributed by atoms with Crippen LogP contribution >= 0.6 is 0 Å². The van der Waals surface area contributed by atoms with E-state index < -0.39 is 0 Å². The molecule has 1 atom stereocenters. The Balaban J connectivity index is 2.96. The highest BCUT2D eigenvalue weighted by atomic mass is 16.3. The lowest BCUT2D eigenvalue weighted by atomic mass is 10.2. The van der Waals surface area contributed by atoms with Gasteiger partial charge in [0.2, 0.25) is 0 Å². The minimum absolute atomic E-state index is 0.0798. The van der Waals surface area contributed by atoms with Gasteiger partial charge in [0.15, 0.2) is 6.29 Å². The van der Waals surface area contributed by atoms with Gasteiger partial charge in [-0.05, 0) is 19.8 Å². The van der Waals surface area contributed by atoms with E-state index in [1.54, 1.807) is 4.68 Å². The summed E-state index contributed by atoms with van der Waals surface area (Å²) in [5, 5.41) is 16.5. The van der Waals surface area contributed by atoms with Gasteiger partial charge in [0.05, 0.1) is 11.7 Å². The summed E-state index contributed by atoms with van der Waals surface area (Å²) in [6.45, 7) is 4.01. The fourth-order valence-corrected chi connectivity index (χ4v) is 1.42. The Kier molecular flexibility index (Phi) is 3.76. The average molecular weight is 197 g/mol. The van der Waals surface area contributed by atoms with Gasteiger partial charge in [0.1, 0.15) is 5.69 Å². The lowest BCUT2D eigenvalue weighted by Gasteiger charge is -2.12. The van der Waals surface area contributed by atoms with Gasteiger partial charge in [-0.15, -0.1) is 5.10 Å². The third-order valence-electron chi connectivity index (χ3n) is 2.23. The molecule has 78 valence electrons. The van der Waals surface area contributed by atoms with Crippen LogP contribution in [0, 0.1) is 0 Å². The first-order valence-corrected chi connectivity index (χ1v) is 4.74. The number of nitrogens with zero attached hydrogens (tertiary/aromatic N) is 3. The van der Waals surface area contributed by atoms with Crippen molar-refractivity contribution in [3.8, 4) is 0 Å². The summed E-state index contributed by atoms with van der Waals surface area (Å²) in [5.41, 5.74) is 1.23. The van der Waals surface area contributed by atoms with Gasteiger partial charge in [-0.25, -0.2) is 4.68 Å². The number of rotatable bonds is 5. The Morgan fingerprint density at radius 2 is 2.36 bits per heavy atom. The van der Waals surface area contributed by atoms with Gasteiger partial charge in [-0.2, -0.15) is 0 Å². The molecule has 0 aliphatic rings. The summed E-state index contributed by atoms with van der Waals surface area (Å²) in [4.78, 5) is 10.6. The van der Waals surface area contributed by atoms with Crippen molar-refractivity contribution in [2.45, 2.75) is 32.7 Å². The van der Waals surface area contributed by atoms with Gasteiger partial charge in [-0.3, -0.25) is 4.79 Å². The fraction of sp³-hybridized carbons (Fsp3) is 0.667. The summed E-state index contributed by atoms with van der Waals surface area (Å²) < 4.78 is 1.71. The number of aliphatic hydroxyl groups is 1. The Labute approximate surface area is 82.7 Å². The van der Waals surface area contributed by atoms with Crippen molar-refractivity contribution in [3.05, 3.63) is 11.4 Å². The second-order valence-corrected chi connectivity index (χ2v) is 3.20. The van der Waals surface area contributed by atoms with Gasteiger partial charge in [0.25, 0.3) is 0 Å². The average Bonchev–Trinajstić information content (AvgIpc) is 2.60. The minimum atomic E-state index is 0.0798. The Morgan fingerprint density at radius 1 is 1.64 bits per heavy atom. The number of hydrogen-bond donors (Lipinski definition) is 1. The number of hydrogen-bond acceptors (Lipinski definition) is 4. The van der Waals surface area contributed by atoms with E-state index in [1.165, 1.54) is 0 Å². The Hall–Kier alpha value is -1.23. The molecule has 1 rings (SSSR count). The van der Waals surface area contributed by atoms with E-state index in [0.29, 0.717) is 18.4 Å².